The van der Waals surface area contributed by atoms with Crippen LogP contribution < -0.4 is 15.4 Å². The van der Waals surface area contributed by atoms with Gasteiger partial charge in [-0.05, 0) is 22.6 Å². The van der Waals surface area contributed by atoms with E-state index in [1.807, 2.05) is 0 Å². The topological polar surface area (TPSA) is 135 Å². The molecular weight excluding hydrogens is 361 g/mol. The minimum atomic E-state index is -0.487. The van der Waals surface area contributed by atoms with Gasteiger partial charge in [0, 0.05) is 59.9 Å². The van der Waals surface area contributed by atoms with Crippen molar-refractivity contribution in [3.05, 3.63) is 42.1 Å². The minimum Gasteiger partial charge on any atom is -0.497 e. The summed E-state index contributed by atoms with van der Waals surface area (Å²) >= 11 is 0. The molecule has 3 aromatic rings. The summed E-state index contributed by atoms with van der Waals surface area (Å²) in [5, 5.41) is 18.0. The number of ether oxygens (including phenoxy) is 1. The average molecular weight is 376 g/mol. The van der Waals surface area contributed by atoms with E-state index in [9.17, 15) is 9.59 Å². The fourth-order valence-corrected chi connectivity index (χ4v) is 2.20. The van der Waals surface area contributed by atoms with Gasteiger partial charge in [-0.25, -0.2) is 10.1 Å². The van der Waals surface area contributed by atoms with Crippen LogP contribution >= 0.6 is 0 Å². The summed E-state index contributed by atoms with van der Waals surface area (Å²) in [7, 11) is 1.50. The number of benzene rings is 1. The Morgan fingerprint density at radius 1 is 1.11 bits per heavy atom. The number of aromatic amines is 1. The van der Waals surface area contributed by atoms with E-state index >= 15 is 0 Å². The van der Waals surface area contributed by atoms with Crippen molar-refractivity contribution in [3.8, 4) is 17.0 Å². The molecule has 27 heavy (non-hydrogen) atoms. The van der Waals surface area contributed by atoms with Gasteiger partial charge >= 0.3 is 0 Å². The molecule has 0 atom stereocenters. The third kappa shape index (κ3) is 5.33. The van der Waals surface area contributed by atoms with E-state index in [-0.39, 0.29) is 47.1 Å². The van der Waals surface area contributed by atoms with E-state index in [2.05, 4.69) is 36.2 Å². The van der Waals surface area contributed by atoms with Crippen molar-refractivity contribution in [1.29, 1.82) is 0 Å². The van der Waals surface area contributed by atoms with Crippen molar-refractivity contribution in [2.24, 2.45) is 0 Å². The molecule has 0 bridgehead atoms. The summed E-state index contributed by atoms with van der Waals surface area (Å²) in [4.78, 5) is 27.8. The maximum atomic E-state index is 12.3. The van der Waals surface area contributed by atoms with Gasteiger partial charge in [0.15, 0.2) is 0 Å². The number of carbonyl (C=O) groups is 2. The van der Waals surface area contributed by atoms with E-state index < -0.39 is 5.91 Å². The number of nitrogens with zero attached hydrogens (tertiary/aromatic N) is 4. The average Bonchev–Trinajstić information content (AvgIpc) is 3.14. The van der Waals surface area contributed by atoms with Crippen LogP contribution in [0.1, 0.15) is 17.4 Å². The third-order valence-corrected chi connectivity index (χ3v) is 3.35. The van der Waals surface area contributed by atoms with Gasteiger partial charge in [0.1, 0.15) is 11.4 Å². The zero-order valence-corrected chi connectivity index (χ0v) is 17.0. The quantitative estimate of drug-likeness (QED) is 0.568. The number of hydrogen-bond donors (Lipinski definition) is 3. The second-order valence-corrected chi connectivity index (χ2v) is 5.24. The summed E-state index contributed by atoms with van der Waals surface area (Å²) in [6.45, 7) is 1.44. The van der Waals surface area contributed by atoms with Crippen molar-refractivity contribution >= 4 is 53.0 Å². The van der Waals surface area contributed by atoms with E-state index in [0.29, 0.717) is 17.1 Å². The number of methoxy groups -OCH3 is 1. The van der Waals surface area contributed by atoms with Crippen molar-refractivity contribution in [2.45, 2.75) is 6.92 Å². The Kier molecular flexibility index (Phi) is 6.99. The van der Waals surface area contributed by atoms with Crippen LogP contribution in [0.15, 0.2) is 36.4 Å². The number of rotatable bonds is 5. The Labute approximate surface area is 176 Å². The molecule has 2 heterocycles. The van der Waals surface area contributed by atoms with Crippen molar-refractivity contribution in [3.63, 3.8) is 0 Å². The summed E-state index contributed by atoms with van der Waals surface area (Å²) < 4.78 is 5.25. The number of amides is 2. The molecule has 0 aliphatic heterocycles. The molecule has 2 amide bonds. The van der Waals surface area contributed by atoms with Gasteiger partial charge in [0.05, 0.1) is 12.8 Å². The van der Waals surface area contributed by atoms with Gasteiger partial charge in [0.25, 0.3) is 5.91 Å². The number of pyridine rings is 1. The second-order valence-electron chi connectivity index (χ2n) is 5.24. The summed E-state index contributed by atoms with van der Waals surface area (Å²) in [5.41, 5.74) is 2.11. The molecule has 0 saturated carbocycles. The van der Waals surface area contributed by atoms with E-state index in [1.165, 1.54) is 20.1 Å². The van der Waals surface area contributed by atoms with Crippen molar-refractivity contribution < 1.29 is 14.3 Å². The molecule has 2 aromatic heterocycles. The molecule has 0 aliphatic rings. The van der Waals surface area contributed by atoms with E-state index in [0.717, 1.165) is 5.56 Å². The maximum absolute atomic E-state index is 12.3. The van der Waals surface area contributed by atoms with Gasteiger partial charge in [0.2, 0.25) is 11.9 Å². The monoisotopic (exact) mass is 376 g/mol. The molecular formula is C16H15N7NaO3. The fraction of sp³-hybridized carbons (Fsp3) is 0.125. The molecule has 0 aliphatic carbocycles. The largest absolute Gasteiger partial charge is 0.497 e. The number of H-pyrrole nitrogens is 1. The Morgan fingerprint density at radius 2 is 1.85 bits per heavy atom. The minimum absolute atomic E-state index is 0. The van der Waals surface area contributed by atoms with Crippen LogP contribution in [-0.2, 0) is 4.79 Å². The molecule has 1 radical (unpaired) electrons. The molecule has 1 aromatic carbocycles. The van der Waals surface area contributed by atoms with Crippen molar-refractivity contribution in [1.82, 2.24) is 25.6 Å². The predicted molar refractivity (Wildman–Crippen MR) is 98.4 cm³/mol. The number of anilines is 2. The molecule has 11 heteroatoms. The number of nitrogens with one attached hydrogen (secondary N) is 3. The van der Waals surface area contributed by atoms with Crippen molar-refractivity contribution in [2.75, 3.05) is 17.7 Å². The number of carbonyl (C=O) groups excluding carboxylic acids is 2. The molecule has 3 N–H and O–H groups in total. The number of hydrogen-bond acceptors (Lipinski definition) is 7. The molecule has 0 saturated heterocycles. The van der Waals surface area contributed by atoms with Crippen LogP contribution in [-0.4, -0.2) is 74.1 Å². The standard InChI is InChI=1S/C16H15N7O3.Na/c1-9(24)17-11-5-3-10(4-6-11)13-7-12(26-2)8-14(18-13)15(25)19-16-20-22-23-21-16;/h3-8H,1-2H3,(H,17,24)(H2,19,20,21,22,23,25);. The van der Waals surface area contributed by atoms with E-state index in [1.54, 1.807) is 30.3 Å². The molecule has 0 unspecified atom stereocenters. The van der Waals surface area contributed by atoms with Crippen LogP contribution in [0.2, 0.25) is 0 Å². The summed E-state index contributed by atoms with van der Waals surface area (Å²) in [5.74, 6) is -0.0562. The summed E-state index contributed by atoms with van der Waals surface area (Å²) in [6.07, 6.45) is 0. The third-order valence-electron chi connectivity index (χ3n) is 3.35. The first-order valence-electron chi connectivity index (χ1n) is 7.54. The predicted octanol–water partition coefficient (Wildman–Crippen LogP) is 1.10. The summed E-state index contributed by atoms with van der Waals surface area (Å²) in [6, 6.07) is 10.3. The Morgan fingerprint density at radius 3 is 2.44 bits per heavy atom. The molecule has 0 spiro atoms. The SMILES string of the molecule is COc1cc(C(=O)Nc2nnn[nH]2)nc(-c2ccc(NC(C)=O)cc2)c1.[Na]. The first-order chi connectivity index (χ1) is 12.5. The van der Waals surface area contributed by atoms with Gasteiger partial charge in [-0.15, -0.1) is 0 Å². The first-order valence-corrected chi connectivity index (χ1v) is 7.54. The zero-order chi connectivity index (χ0) is 18.5. The Bertz CT molecular complexity index is 930. The molecule has 3 rings (SSSR count). The van der Waals surface area contributed by atoms with Crippen LogP contribution in [0.3, 0.4) is 0 Å². The van der Waals surface area contributed by atoms with Crippen LogP contribution in [0.4, 0.5) is 11.6 Å². The van der Waals surface area contributed by atoms with Crippen LogP contribution in [0.25, 0.3) is 11.3 Å². The van der Waals surface area contributed by atoms with Gasteiger partial charge in [-0.3, -0.25) is 14.9 Å². The first kappa shape index (κ1) is 20.5. The number of aromatic nitrogens is 5. The zero-order valence-electron chi connectivity index (χ0n) is 15.0. The number of tetrazole rings is 1. The smallest absolute Gasteiger partial charge is 0.276 e. The van der Waals surface area contributed by atoms with Gasteiger partial charge in [-0.2, -0.15) is 0 Å². The fourth-order valence-electron chi connectivity index (χ4n) is 2.20. The normalized spacial score (nSPS) is 9.85. The van der Waals surface area contributed by atoms with Crippen LogP contribution in [0.5, 0.6) is 5.75 Å². The molecule has 133 valence electrons. The van der Waals surface area contributed by atoms with Crippen LogP contribution in [0, 0.1) is 0 Å². The van der Waals surface area contributed by atoms with Gasteiger partial charge < -0.3 is 10.1 Å². The Hall–Kier alpha value is -2.82. The molecule has 10 nitrogen and oxygen atoms in total. The second kappa shape index (κ2) is 9.21. The van der Waals surface area contributed by atoms with E-state index in [4.69, 9.17) is 4.74 Å². The Balaban J connectivity index is 0.00000261. The molecule has 0 fully saturated rings. The maximum Gasteiger partial charge on any atom is 0.276 e. The van der Waals surface area contributed by atoms with Gasteiger partial charge in [-0.1, -0.05) is 17.2 Å².